The molecule has 3 aliphatic rings. The van der Waals surface area contributed by atoms with Gasteiger partial charge in [0.1, 0.15) is 11.6 Å². The Morgan fingerprint density at radius 1 is 1.13 bits per heavy atom. The molecule has 0 radical (unpaired) electrons. The zero-order valence-electron chi connectivity index (χ0n) is 13.9. The van der Waals surface area contributed by atoms with Crippen LogP contribution in [0.15, 0.2) is 6.07 Å². The molecule has 2 saturated carbocycles. The molecule has 1 aliphatic heterocycles. The second-order valence-electron chi connectivity index (χ2n) is 7.40. The van der Waals surface area contributed by atoms with Gasteiger partial charge in [0, 0.05) is 42.7 Å². The van der Waals surface area contributed by atoms with Crippen LogP contribution in [0.4, 0.5) is 5.82 Å². The third-order valence-electron chi connectivity index (χ3n) is 5.44. The summed E-state index contributed by atoms with van der Waals surface area (Å²) in [4.78, 5) is 23.8. The smallest absolute Gasteiger partial charge is 0.223 e. The van der Waals surface area contributed by atoms with Crippen LogP contribution < -0.4 is 10.2 Å². The van der Waals surface area contributed by atoms with Crippen LogP contribution in [0.5, 0.6) is 0 Å². The zero-order chi connectivity index (χ0) is 15.8. The Hall–Kier alpha value is -1.65. The van der Waals surface area contributed by atoms with Gasteiger partial charge in [-0.15, -0.1) is 0 Å². The van der Waals surface area contributed by atoms with Crippen molar-refractivity contribution in [3.05, 3.63) is 17.6 Å². The summed E-state index contributed by atoms with van der Waals surface area (Å²) in [5.74, 6) is 3.26. The highest BCUT2D eigenvalue weighted by atomic mass is 16.2. The lowest BCUT2D eigenvalue weighted by Gasteiger charge is -2.35. The number of hydrogen-bond donors (Lipinski definition) is 1. The molecule has 0 unspecified atom stereocenters. The number of carbonyl (C=O) groups excluding carboxylic acids is 1. The molecule has 0 aromatic carbocycles. The Morgan fingerprint density at radius 3 is 2.48 bits per heavy atom. The van der Waals surface area contributed by atoms with Gasteiger partial charge in [0.25, 0.3) is 0 Å². The molecular formula is C18H26N4O. The van der Waals surface area contributed by atoms with Gasteiger partial charge in [-0.25, -0.2) is 9.97 Å². The molecule has 0 atom stereocenters. The Kier molecular flexibility index (Phi) is 3.95. The van der Waals surface area contributed by atoms with Crippen molar-refractivity contribution in [2.24, 2.45) is 5.92 Å². The molecule has 4 rings (SSSR count). The molecule has 1 amide bonds. The fourth-order valence-electron chi connectivity index (χ4n) is 3.50. The Balaban J connectivity index is 1.34. The van der Waals surface area contributed by atoms with E-state index in [0.717, 1.165) is 56.1 Å². The van der Waals surface area contributed by atoms with Crippen LogP contribution in [0, 0.1) is 12.8 Å². The normalized spacial score (nSPS) is 22.7. The third kappa shape index (κ3) is 3.33. The van der Waals surface area contributed by atoms with Gasteiger partial charge in [-0.1, -0.05) is 6.42 Å². The predicted octanol–water partition coefficient (Wildman–Crippen LogP) is 2.55. The lowest BCUT2D eigenvalue weighted by molar-refractivity contribution is -0.128. The summed E-state index contributed by atoms with van der Waals surface area (Å²) in [5, 5.41) is 3.25. The molecule has 1 N–H and O–H groups in total. The first kappa shape index (κ1) is 14.9. The van der Waals surface area contributed by atoms with Gasteiger partial charge in [0.2, 0.25) is 5.91 Å². The van der Waals surface area contributed by atoms with Gasteiger partial charge in [-0.05, 0) is 45.4 Å². The van der Waals surface area contributed by atoms with Crippen LogP contribution >= 0.6 is 0 Å². The Labute approximate surface area is 137 Å². The maximum absolute atomic E-state index is 12.1. The molecule has 1 aromatic heterocycles. The van der Waals surface area contributed by atoms with Gasteiger partial charge in [-0.2, -0.15) is 0 Å². The molecule has 124 valence electrons. The Morgan fingerprint density at radius 2 is 1.87 bits per heavy atom. The molecule has 5 nitrogen and oxygen atoms in total. The average Bonchev–Trinajstić information content (AvgIpc) is 3.30. The zero-order valence-corrected chi connectivity index (χ0v) is 13.9. The summed E-state index contributed by atoms with van der Waals surface area (Å²) in [6, 6.07) is 2.43. The van der Waals surface area contributed by atoms with Crippen molar-refractivity contribution in [3.63, 3.8) is 0 Å². The number of aryl methyl sites for hydroxylation is 1. The van der Waals surface area contributed by atoms with Gasteiger partial charge < -0.3 is 10.2 Å². The Bertz CT molecular complexity index is 587. The number of nitrogens with one attached hydrogen (secondary N) is 1. The van der Waals surface area contributed by atoms with Gasteiger partial charge >= 0.3 is 0 Å². The lowest BCUT2D eigenvalue weighted by atomic mass is 9.84. The van der Waals surface area contributed by atoms with Crippen molar-refractivity contribution in [3.8, 4) is 0 Å². The van der Waals surface area contributed by atoms with E-state index in [1.54, 1.807) is 0 Å². The molecule has 2 aliphatic carbocycles. The predicted molar refractivity (Wildman–Crippen MR) is 89.5 cm³/mol. The summed E-state index contributed by atoms with van der Waals surface area (Å²) in [6.45, 7) is 4.00. The van der Waals surface area contributed by atoms with Crippen LogP contribution in [-0.2, 0) is 4.79 Å². The number of piperidine rings is 1. The van der Waals surface area contributed by atoms with Gasteiger partial charge in [-0.3, -0.25) is 4.79 Å². The molecule has 1 aromatic rings. The van der Waals surface area contributed by atoms with Crippen LogP contribution in [0.3, 0.4) is 0 Å². The fraction of sp³-hybridized carbons (Fsp3) is 0.722. The van der Waals surface area contributed by atoms with E-state index < -0.39 is 0 Å². The molecular weight excluding hydrogens is 288 g/mol. The molecule has 23 heavy (non-hydrogen) atoms. The fourth-order valence-corrected chi connectivity index (χ4v) is 3.50. The lowest BCUT2D eigenvalue weighted by Crippen LogP contribution is -2.47. The first-order valence-electron chi connectivity index (χ1n) is 9.10. The van der Waals surface area contributed by atoms with Crippen molar-refractivity contribution >= 4 is 11.7 Å². The van der Waals surface area contributed by atoms with Crippen LogP contribution in [-0.4, -0.2) is 35.0 Å². The molecule has 0 bridgehead atoms. The van der Waals surface area contributed by atoms with Crippen molar-refractivity contribution in [2.45, 2.75) is 63.8 Å². The van der Waals surface area contributed by atoms with Crippen LogP contribution in [0.1, 0.15) is 62.4 Å². The van der Waals surface area contributed by atoms with E-state index in [-0.39, 0.29) is 5.91 Å². The summed E-state index contributed by atoms with van der Waals surface area (Å²) < 4.78 is 0. The standard InChI is InChI=1S/C18H26N4O/c1-12-11-16(21-17(19-12)13-5-6-13)22-9-7-15(8-10-22)20-18(23)14-3-2-4-14/h11,13-15H,2-10H2,1H3,(H,20,23). The maximum Gasteiger partial charge on any atom is 0.223 e. The van der Waals surface area contributed by atoms with Gasteiger partial charge in [0.15, 0.2) is 0 Å². The first-order valence-corrected chi connectivity index (χ1v) is 9.10. The van der Waals surface area contributed by atoms with Gasteiger partial charge in [0.05, 0.1) is 0 Å². The van der Waals surface area contributed by atoms with E-state index in [0.29, 0.717) is 17.9 Å². The summed E-state index contributed by atoms with van der Waals surface area (Å²) in [7, 11) is 0. The van der Waals surface area contributed by atoms with E-state index in [4.69, 9.17) is 4.98 Å². The number of aromatic nitrogens is 2. The van der Waals surface area contributed by atoms with Crippen molar-refractivity contribution < 1.29 is 4.79 Å². The summed E-state index contributed by atoms with van der Waals surface area (Å²) in [5.41, 5.74) is 1.07. The number of rotatable bonds is 4. The molecule has 5 heteroatoms. The van der Waals surface area contributed by atoms with E-state index in [9.17, 15) is 4.79 Å². The van der Waals surface area contributed by atoms with Crippen LogP contribution in [0.25, 0.3) is 0 Å². The highest BCUT2D eigenvalue weighted by Gasteiger charge is 2.30. The maximum atomic E-state index is 12.1. The van der Waals surface area contributed by atoms with E-state index in [1.807, 2.05) is 0 Å². The minimum absolute atomic E-state index is 0.281. The third-order valence-corrected chi connectivity index (χ3v) is 5.44. The van der Waals surface area contributed by atoms with E-state index in [1.165, 1.54) is 19.3 Å². The summed E-state index contributed by atoms with van der Waals surface area (Å²) in [6.07, 6.45) is 7.87. The van der Waals surface area contributed by atoms with Crippen molar-refractivity contribution in [2.75, 3.05) is 18.0 Å². The molecule has 2 heterocycles. The molecule has 1 saturated heterocycles. The van der Waals surface area contributed by atoms with E-state index >= 15 is 0 Å². The number of carbonyl (C=O) groups is 1. The van der Waals surface area contributed by atoms with Crippen LogP contribution in [0.2, 0.25) is 0 Å². The highest BCUT2D eigenvalue weighted by molar-refractivity contribution is 5.79. The number of nitrogens with zero attached hydrogens (tertiary/aromatic N) is 3. The van der Waals surface area contributed by atoms with E-state index in [2.05, 4.69) is 28.2 Å². The largest absolute Gasteiger partial charge is 0.356 e. The number of amides is 1. The number of hydrogen-bond acceptors (Lipinski definition) is 4. The average molecular weight is 314 g/mol. The molecule has 0 spiro atoms. The SMILES string of the molecule is Cc1cc(N2CCC(NC(=O)C3CCC3)CC2)nc(C2CC2)n1. The number of anilines is 1. The second kappa shape index (κ2) is 6.10. The topological polar surface area (TPSA) is 58.1 Å². The first-order chi connectivity index (χ1) is 11.2. The monoisotopic (exact) mass is 314 g/mol. The summed E-state index contributed by atoms with van der Waals surface area (Å²) >= 11 is 0. The van der Waals surface area contributed by atoms with Crippen molar-refractivity contribution in [1.29, 1.82) is 0 Å². The highest BCUT2D eigenvalue weighted by Crippen LogP contribution is 2.38. The minimum atomic E-state index is 0.281. The molecule has 3 fully saturated rings. The second-order valence-corrected chi connectivity index (χ2v) is 7.40. The minimum Gasteiger partial charge on any atom is -0.356 e. The quantitative estimate of drug-likeness (QED) is 0.928. The van der Waals surface area contributed by atoms with Crippen molar-refractivity contribution in [1.82, 2.24) is 15.3 Å².